The third kappa shape index (κ3) is 5.64. The Morgan fingerprint density at radius 2 is 1.97 bits per heavy atom. The summed E-state index contributed by atoms with van der Waals surface area (Å²) in [6.45, 7) is 5.72. The lowest BCUT2D eigenvalue weighted by Crippen LogP contribution is -2.58. The van der Waals surface area contributed by atoms with E-state index in [1.807, 2.05) is 13.0 Å². The van der Waals surface area contributed by atoms with E-state index in [9.17, 15) is 19.2 Å². The van der Waals surface area contributed by atoms with E-state index in [0.717, 1.165) is 5.56 Å². The standard InChI is InChI=1S/C24H25ClFN3O3/c1-16-12-29(17(2)11-28(16)13-18-3-6-21(26)7-4-18)24(31)15-32-23-8-5-20(25)9-22(23)19(10-27)14-30/h3-9,14,16-17,19H,11-13,15H2,1-2H3/t16-,17+,19?/m0/s1. The molecule has 0 bridgehead atoms. The van der Waals surface area contributed by atoms with Crippen LogP contribution in [0.4, 0.5) is 4.39 Å². The molecule has 1 unspecified atom stereocenters. The van der Waals surface area contributed by atoms with Crippen molar-refractivity contribution < 1.29 is 18.7 Å². The number of carbonyl (C=O) groups excluding carboxylic acids is 2. The first kappa shape index (κ1) is 23.7. The van der Waals surface area contributed by atoms with Gasteiger partial charge in [-0.05, 0) is 49.7 Å². The quantitative estimate of drug-likeness (QED) is 0.591. The van der Waals surface area contributed by atoms with Crippen LogP contribution < -0.4 is 4.74 Å². The van der Waals surface area contributed by atoms with Crippen molar-refractivity contribution >= 4 is 23.8 Å². The first-order valence-corrected chi connectivity index (χ1v) is 10.7. The van der Waals surface area contributed by atoms with Gasteiger partial charge in [-0.3, -0.25) is 9.69 Å². The Kier molecular flexibility index (Phi) is 7.84. The first-order chi connectivity index (χ1) is 15.3. The van der Waals surface area contributed by atoms with Crippen LogP contribution in [0, 0.1) is 17.1 Å². The second-order valence-corrected chi connectivity index (χ2v) is 8.45. The lowest BCUT2D eigenvalue weighted by Gasteiger charge is -2.44. The van der Waals surface area contributed by atoms with Gasteiger partial charge in [0.1, 0.15) is 23.8 Å². The molecule has 6 nitrogen and oxygen atoms in total. The molecule has 1 amide bonds. The Balaban J connectivity index is 1.63. The number of carbonyl (C=O) groups is 2. The van der Waals surface area contributed by atoms with E-state index in [4.69, 9.17) is 16.3 Å². The van der Waals surface area contributed by atoms with Crippen molar-refractivity contribution in [3.8, 4) is 11.8 Å². The van der Waals surface area contributed by atoms with E-state index < -0.39 is 5.92 Å². The smallest absolute Gasteiger partial charge is 0.260 e. The van der Waals surface area contributed by atoms with Crippen molar-refractivity contribution in [2.45, 2.75) is 38.4 Å². The van der Waals surface area contributed by atoms with E-state index >= 15 is 0 Å². The molecule has 2 aromatic rings. The van der Waals surface area contributed by atoms with E-state index in [2.05, 4.69) is 11.8 Å². The Hall–Kier alpha value is -2.95. The topological polar surface area (TPSA) is 73.6 Å². The monoisotopic (exact) mass is 457 g/mol. The lowest BCUT2D eigenvalue weighted by molar-refractivity contribution is -0.139. The number of benzene rings is 2. The second kappa shape index (κ2) is 10.6. The third-order valence-electron chi connectivity index (χ3n) is 5.67. The Labute approximate surface area is 192 Å². The van der Waals surface area contributed by atoms with E-state index in [0.29, 0.717) is 36.5 Å². The van der Waals surface area contributed by atoms with Crippen LogP contribution in [0.25, 0.3) is 0 Å². The minimum atomic E-state index is -1.02. The van der Waals surface area contributed by atoms with Crippen LogP contribution in [0.2, 0.25) is 5.02 Å². The van der Waals surface area contributed by atoms with Crippen LogP contribution in [-0.4, -0.2) is 53.8 Å². The summed E-state index contributed by atoms with van der Waals surface area (Å²) in [6.07, 6.45) is 0.518. The number of hydrogen-bond donors (Lipinski definition) is 0. The molecule has 1 saturated heterocycles. The Bertz CT molecular complexity index is 1010. The van der Waals surface area contributed by atoms with Gasteiger partial charge in [0.2, 0.25) is 0 Å². The fourth-order valence-corrected chi connectivity index (χ4v) is 4.06. The fourth-order valence-electron chi connectivity index (χ4n) is 3.88. The highest BCUT2D eigenvalue weighted by Gasteiger charge is 2.32. The molecule has 0 saturated carbocycles. The largest absolute Gasteiger partial charge is 0.483 e. The molecule has 0 radical (unpaired) electrons. The maximum Gasteiger partial charge on any atom is 0.260 e. The highest BCUT2D eigenvalue weighted by Crippen LogP contribution is 2.29. The molecule has 1 heterocycles. The minimum Gasteiger partial charge on any atom is -0.483 e. The lowest BCUT2D eigenvalue weighted by atomic mass is 10.0. The molecule has 1 fully saturated rings. The molecule has 0 aromatic heterocycles. The van der Waals surface area contributed by atoms with Crippen LogP contribution >= 0.6 is 11.6 Å². The number of aldehydes is 1. The van der Waals surface area contributed by atoms with Gasteiger partial charge in [0, 0.05) is 42.3 Å². The minimum absolute atomic E-state index is 0.0331. The number of piperazine rings is 1. The summed E-state index contributed by atoms with van der Waals surface area (Å²) >= 11 is 5.99. The summed E-state index contributed by atoms with van der Waals surface area (Å²) in [5.74, 6) is -1.17. The van der Waals surface area contributed by atoms with Crippen LogP contribution in [-0.2, 0) is 16.1 Å². The Morgan fingerprint density at radius 3 is 2.62 bits per heavy atom. The molecule has 0 N–H and O–H groups in total. The first-order valence-electron chi connectivity index (χ1n) is 10.4. The average Bonchev–Trinajstić information content (AvgIpc) is 2.77. The SMILES string of the molecule is C[C@@H]1CN(Cc2ccc(F)cc2)[C@@H](C)CN1C(=O)COc1ccc(Cl)cc1C(C#N)C=O. The van der Waals surface area contributed by atoms with Gasteiger partial charge in [0.15, 0.2) is 6.61 Å². The number of rotatable bonds is 7. The van der Waals surface area contributed by atoms with Gasteiger partial charge in [-0.2, -0.15) is 5.26 Å². The van der Waals surface area contributed by atoms with Gasteiger partial charge < -0.3 is 14.4 Å². The summed E-state index contributed by atoms with van der Waals surface area (Å²) in [4.78, 5) is 28.2. The third-order valence-corrected chi connectivity index (χ3v) is 5.90. The fraction of sp³-hybridized carbons (Fsp3) is 0.375. The van der Waals surface area contributed by atoms with Crippen LogP contribution in [0.1, 0.15) is 30.9 Å². The van der Waals surface area contributed by atoms with Crippen molar-refractivity contribution in [3.63, 3.8) is 0 Å². The van der Waals surface area contributed by atoms with Crippen molar-refractivity contribution in [1.29, 1.82) is 5.26 Å². The van der Waals surface area contributed by atoms with E-state index in [1.54, 1.807) is 29.2 Å². The summed E-state index contributed by atoms with van der Waals surface area (Å²) < 4.78 is 18.9. The molecule has 168 valence electrons. The van der Waals surface area contributed by atoms with Gasteiger partial charge >= 0.3 is 0 Å². The zero-order valence-electron chi connectivity index (χ0n) is 18.0. The molecular weight excluding hydrogens is 433 g/mol. The van der Waals surface area contributed by atoms with Crippen molar-refractivity contribution in [2.24, 2.45) is 0 Å². The van der Waals surface area contributed by atoms with Gasteiger partial charge in [0.05, 0.1) is 6.07 Å². The second-order valence-electron chi connectivity index (χ2n) is 8.01. The molecule has 3 atom stereocenters. The molecule has 32 heavy (non-hydrogen) atoms. The normalized spacial score (nSPS) is 19.8. The molecule has 2 aromatic carbocycles. The van der Waals surface area contributed by atoms with Crippen molar-refractivity contribution in [1.82, 2.24) is 9.80 Å². The number of nitriles is 1. The average molecular weight is 458 g/mol. The maximum absolute atomic E-state index is 13.2. The van der Waals surface area contributed by atoms with Gasteiger partial charge in [-0.15, -0.1) is 0 Å². The highest BCUT2D eigenvalue weighted by molar-refractivity contribution is 6.30. The summed E-state index contributed by atoms with van der Waals surface area (Å²) in [7, 11) is 0. The molecule has 0 spiro atoms. The number of amides is 1. The van der Waals surface area contributed by atoms with E-state index in [1.165, 1.54) is 18.2 Å². The van der Waals surface area contributed by atoms with Crippen LogP contribution in [0.5, 0.6) is 5.75 Å². The Morgan fingerprint density at radius 1 is 1.25 bits per heavy atom. The summed E-state index contributed by atoms with van der Waals surface area (Å²) in [5.41, 5.74) is 1.36. The molecule has 0 aliphatic carbocycles. The molecular formula is C24H25ClFN3O3. The maximum atomic E-state index is 13.2. The summed E-state index contributed by atoms with van der Waals surface area (Å²) in [5, 5.41) is 9.58. The number of ether oxygens (including phenoxy) is 1. The van der Waals surface area contributed by atoms with Crippen LogP contribution in [0.15, 0.2) is 42.5 Å². The predicted octanol–water partition coefficient (Wildman–Crippen LogP) is 3.79. The zero-order chi connectivity index (χ0) is 23.3. The van der Waals surface area contributed by atoms with Crippen molar-refractivity contribution in [3.05, 3.63) is 64.4 Å². The molecule has 8 heteroatoms. The predicted molar refractivity (Wildman–Crippen MR) is 119 cm³/mol. The van der Waals surface area contributed by atoms with Gasteiger partial charge in [-0.25, -0.2) is 4.39 Å². The number of hydrogen-bond acceptors (Lipinski definition) is 5. The van der Waals surface area contributed by atoms with Gasteiger partial charge in [0.25, 0.3) is 5.91 Å². The zero-order valence-corrected chi connectivity index (χ0v) is 18.8. The van der Waals surface area contributed by atoms with Gasteiger partial charge in [-0.1, -0.05) is 23.7 Å². The van der Waals surface area contributed by atoms with E-state index in [-0.39, 0.29) is 36.2 Å². The molecule has 1 aliphatic heterocycles. The summed E-state index contributed by atoms with van der Waals surface area (Å²) in [6, 6.07) is 13.1. The molecule has 1 aliphatic rings. The van der Waals surface area contributed by atoms with Crippen molar-refractivity contribution in [2.75, 3.05) is 19.7 Å². The number of nitrogens with zero attached hydrogens (tertiary/aromatic N) is 3. The molecule has 3 rings (SSSR count). The number of halogens is 2. The van der Waals surface area contributed by atoms with Crippen LogP contribution in [0.3, 0.4) is 0 Å². The highest BCUT2D eigenvalue weighted by atomic mass is 35.5.